The maximum absolute atomic E-state index is 13.2. The summed E-state index contributed by atoms with van der Waals surface area (Å²) in [6.45, 7) is 10.2. The Morgan fingerprint density at radius 1 is 0.895 bits per heavy atom. The standard InChI is InChI=1S/C27H36N4O6S/c1-6-35-22-16-19(17-23(36-7-2)24(22)37-8-3)25(32)29-27(38)28-20-15-18(26(33)34-5)9-10-21(20)31-13-11-30(4)12-14-31/h9-10,15-17H,6-8,11-14H2,1-5H3,(H2,28,29,32,38). The number of hydrogen-bond donors (Lipinski definition) is 2. The van der Waals surface area contributed by atoms with Crippen LogP contribution >= 0.6 is 12.2 Å². The van der Waals surface area contributed by atoms with Crippen LogP contribution in [0.15, 0.2) is 30.3 Å². The summed E-state index contributed by atoms with van der Waals surface area (Å²) in [6.07, 6.45) is 0. The molecular weight excluding hydrogens is 508 g/mol. The lowest BCUT2D eigenvalue weighted by molar-refractivity contribution is 0.0600. The van der Waals surface area contributed by atoms with Crippen LogP contribution in [0.1, 0.15) is 41.5 Å². The quantitative estimate of drug-likeness (QED) is 0.341. The Morgan fingerprint density at radius 3 is 2.05 bits per heavy atom. The van der Waals surface area contributed by atoms with Gasteiger partial charge < -0.3 is 34.1 Å². The van der Waals surface area contributed by atoms with Gasteiger partial charge in [-0.05, 0) is 70.4 Å². The van der Waals surface area contributed by atoms with Crippen molar-refractivity contribution < 1.29 is 28.5 Å². The summed E-state index contributed by atoms with van der Waals surface area (Å²) < 4.78 is 22.0. The number of carbonyl (C=O) groups is 2. The Labute approximate surface area is 229 Å². The molecule has 1 saturated heterocycles. The van der Waals surface area contributed by atoms with E-state index >= 15 is 0 Å². The predicted octanol–water partition coefficient (Wildman–Crippen LogP) is 3.55. The van der Waals surface area contributed by atoms with Gasteiger partial charge in [0.2, 0.25) is 5.75 Å². The lowest BCUT2D eigenvalue weighted by atomic mass is 10.1. The second-order valence-corrected chi connectivity index (χ2v) is 8.93. The fourth-order valence-electron chi connectivity index (χ4n) is 4.05. The van der Waals surface area contributed by atoms with E-state index in [2.05, 4.69) is 27.5 Å². The van der Waals surface area contributed by atoms with E-state index in [-0.39, 0.29) is 5.11 Å². The molecule has 0 unspecified atom stereocenters. The summed E-state index contributed by atoms with van der Waals surface area (Å²) in [5.41, 5.74) is 2.14. The van der Waals surface area contributed by atoms with Crippen LogP contribution in [-0.2, 0) is 4.74 Å². The highest BCUT2D eigenvalue weighted by atomic mass is 32.1. The number of carbonyl (C=O) groups excluding carboxylic acids is 2. The van der Waals surface area contributed by atoms with Crippen LogP contribution in [0.3, 0.4) is 0 Å². The van der Waals surface area contributed by atoms with Crippen molar-refractivity contribution >= 4 is 40.6 Å². The van der Waals surface area contributed by atoms with E-state index in [4.69, 9.17) is 31.2 Å². The van der Waals surface area contributed by atoms with E-state index in [0.717, 1.165) is 31.9 Å². The molecule has 1 fully saturated rings. The van der Waals surface area contributed by atoms with E-state index in [1.54, 1.807) is 24.3 Å². The highest BCUT2D eigenvalue weighted by Gasteiger charge is 2.22. The van der Waals surface area contributed by atoms with Gasteiger partial charge in [0.25, 0.3) is 5.91 Å². The monoisotopic (exact) mass is 544 g/mol. The number of esters is 1. The van der Waals surface area contributed by atoms with E-state index in [0.29, 0.717) is 53.9 Å². The van der Waals surface area contributed by atoms with Gasteiger partial charge in [0.15, 0.2) is 16.6 Å². The topological polar surface area (TPSA) is 102 Å². The first-order chi connectivity index (χ1) is 18.3. The molecule has 1 aliphatic heterocycles. The number of rotatable bonds is 10. The first-order valence-corrected chi connectivity index (χ1v) is 13.1. The van der Waals surface area contributed by atoms with Crippen LogP contribution in [0.2, 0.25) is 0 Å². The minimum atomic E-state index is -0.464. The average molecular weight is 545 g/mol. The third kappa shape index (κ3) is 7.26. The molecule has 0 radical (unpaired) electrons. The zero-order valence-electron chi connectivity index (χ0n) is 22.6. The zero-order valence-corrected chi connectivity index (χ0v) is 23.4. The smallest absolute Gasteiger partial charge is 0.337 e. The molecule has 0 aromatic heterocycles. The predicted molar refractivity (Wildman–Crippen MR) is 151 cm³/mol. The van der Waals surface area contributed by atoms with Crippen molar-refractivity contribution in [2.24, 2.45) is 0 Å². The number of thiocarbonyl (C=S) groups is 1. The van der Waals surface area contributed by atoms with Gasteiger partial charge in [0.05, 0.1) is 43.9 Å². The molecule has 206 valence electrons. The molecule has 0 atom stereocenters. The van der Waals surface area contributed by atoms with E-state index in [1.165, 1.54) is 7.11 Å². The minimum Gasteiger partial charge on any atom is -0.490 e. The minimum absolute atomic E-state index is 0.0807. The zero-order chi connectivity index (χ0) is 27.7. The number of hydrogen-bond acceptors (Lipinski definition) is 9. The van der Waals surface area contributed by atoms with Crippen LogP contribution in [0.25, 0.3) is 0 Å². The fraction of sp³-hybridized carbons (Fsp3) is 0.444. The van der Waals surface area contributed by atoms with Crippen LogP contribution in [0, 0.1) is 0 Å². The largest absolute Gasteiger partial charge is 0.490 e. The summed E-state index contributed by atoms with van der Waals surface area (Å²) in [4.78, 5) is 29.8. The highest BCUT2D eigenvalue weighted by molar-refractivity contribution is 7.80. The first kappa shape index (κ1) is 29.0. The third-order valence-electron chi connectivity index (χ3n) is 5.91. The number of amides is 1. The second kappa shape index (κ2) is 13.8. The van der Waals surface area contributed by atoms with Crippen molar-refractivity contribution in [2.45, 2.75) is 20.8 Å². The van der Waals surface area contributed by atoms with Crippen molar-refractivity contribution in [3.63, 3.8) is 0 Å². The van der Waals surface area contributed by atoms with Crippen molar-refractivity contribution in [3.05, 3.63) is 41.5 Å². The summed E-state index contributed by atoms with van der Waals surface area (Å²) >= 11 is 5.49. The summed E-state index contributed by atoms with van der Waals surface area (Å²) in [6, 6.07) is 8.45. The van der Waals surface area contributed by atoms with Crippen LogP contribution < -0.4 is 29.7 Å². The number of benzene rings is 2. The van der Waals surface area contributed by atoms with Gasteiger partial charge in [-0.25, -0.2) is 4.79 Å². The summed E-state index contributed by atoms with van der Waals surface area (Å²) in [5.74, 6) is 0.358. The average Bonchev–Trinajstić information content (AvgIpc) is 2.90. The lowest BCUT2D eigenvalue weighted by Crippen LogP contribution is -2.45. The number of ether oxygens (including phenoxy) is 4. The molecule has 38 heavy (non-hydrogen) atoms. The Bertz CT molecular complexity index is 1120. The maximum Gasteiger partial charge on any atom is 0.337 e. The van der Waals surface area contributed by atoms with Gasteiger partial charge >= 0.3 is 5.97 Å². The number of nitrogens with zero attached hydrogens (tertiary/aromatic N) is 2. The van der Waals surface area contributed by atoms with Crippen LogP contribution in [-0.4, -0.2) is 82.0 Å². The first-order valence-electron chi connectivity index (χ1n) is 12.7. The Hall–Kier alpha value is -3.57. The van der Waals surface area contributed by atoms with E-state index < -0.39 is 11.9 Å². The van der Waals surface area contributed by atoms with Crippen molar-refractivity contribution in [1.29, 1.82) is 0 Å². The van der Waals surface area contributed by atoms with Crippen LogP contribution in [0.4, 0.5) is 11.4 Å². The number of nitrogens with one attached hydrogen (secondary N) is 2. The normalized spacial score (nSPS) is 13.4. The molecule has 2 N–H and O–H groups in total. The SMILES string of the molecule is CCOc1cc(C(=O)NC(=S)Nc2cc(C(=O)OC)ccc2N2CCN(C)CC2)cc(OCC)c1OCC. The molecule has 3 rings (SSSR count). The second-order valence-electron chi connectivity index (χ2n) is 8.52. The van der Waals surface area contributed by atoms with E-state index in [9.17, 15) is 9.59 Å². The summed E-state index contributed by atoms with van der Waals surface area (Å²) in [5, 5.41) is 5.90. The lowest BCUT2D eigenvalue weighted by Gasteiger charge is -2.35. The number of piperazine rings is 1. The Kier molecular flexibility index (Phi) is 10.5. The van der Waals surface area contributed by atoms with Gasteiger partial charge in [-0.15, -0.1) is 0 Å². The molecule has 0 aliphatic carbocycles. The number of methoxy groups -OCH3 is 1. The number of anilines is 2. The van der Waals surface area contributed by atoms with Gasteiger partial charge in [-0.1, -0.05) is 0 Å². The Balaban J connectivity index is 1.85. The summed E-state index contributed by atoms with van der Waals surface area (Å²) in [7, 11) is 3.41. The molecule has 0 saturated carbocycles. The molecule has 1 amide bonds. The maximum atomic E-state index is 13.2. The molecule has 1 aliphatic rings. The molecule has 11 heteroatoms. The molecule has 0 spiro atoms. The molecule has 2 aromatic rings. The van der Waals surface area contributed by atoms with Gasteiger partial charge in [0.1, 0.15) is 0 Å². The van der Waals surface area contributed by atoms with Gasteiger partial charge in [-0.2, -0.15) is 0 Å². The highest BCUT2D eigenvalue weighted by Crippen LogP contribution is 2.39. The molecular formula is C27H36N4O6S. The third-order valence-corrected chi connectivity index (χ3v) is 6.11. The van der Waals surface area contributed by atoms with Gasteiger partial charge in [-0.3, -0.25) is 10.1 Å². The molecule has 0 bridgehead atoms. The van der Waals surface area contributed by atoms with E-state index in [1.807, 2.05) is 26.8 Å². The van der Waals surface area contributed by atoms with Crippen LogP contribution in [0.5, 0.6) is 17.2 Å². The fourth-order valence-corrected chi connectivity index (χ4v) is 4.26. The molecule has 1 heterocycles. The molecule has 2 aromatic carbocycles. The van der Waals surface area contributed by atoms with Crippen molar-refractivity contribution in [1.82, 2.24) is 10.2 Å². The van der Waals surface area contributed by atoms with Crippen molar-refractivity contribution in [2.75, 3.05) is 70.4 Å². The molecule has 10 nitrogen and oxygen atoms in total. The van der Waals surface area contributed by atoms with Gasteiger partial charge in [0, 0.05) is 31.7 Å². The Morgan fingerprint density at radius 2 is 1.50 bits per heavy atom. The van der Waals surface area contributed by atoms with Crippen molar-refractivity contribution in [3.8, 4) is 17.2 Å². The number of likely N-dealkylation sites (N-methyl/N-ethyl adjacent to an activating group) is 1.